The maximum atomic E-state index is 12.8. The smallest absolute Gasteiger partial charge is 0.411 e. The van der Waals surface area contributed by atoms with Gasteiger partial charge in [0.15, 0.2) is 0 Å². The van der Waals surface area contributed by atoms with Gasteiger partial charge >= 0.3 is 6.09 Å². The van der Waals surface area contributed by atoms with Gasteiger partial charge in [0.05, 0.1) is 6.04 Å². The fourth-order valence-corrected chi connectivity index (χ4v) is 3.39. The lowest BCUT2D eigenvalue weighted by Crippen LogP contribution is -2.45. The third-order valence-electron chi connectivity index (χ3n) is 4.72. The monoisotopic (exact) mass is 363 g/mol. The first kappa shape index (κ1) is 19.2. The van der Waals surface area contributed by atoms with Crippen LogP contribution in [-0.2, 0) is 24.1 Å². The molecule has 2 aromatic rings. The summed E-state index contributed by atoms with van der Waals surface area (Å²) in [6.07, 6.45) is 6.93. The molecule has 0 N–H and O–H groups in total. The van der Waals surface area contributed by atoms with E-state index in [0.29, 0.717) is 6.54 Å². The Labute approximate surface area is 162 Å². The number of fused-ring (bicyclic) bond motifs is 1. The molecular formula is C24H29NO2. The van der Waals surface area contributed by atoms with Crippen molar-refractivity contribution in [2.75, 3.05) is 0 Å². The van der Waals surface area contributed by atoms with Crippen molar-refractivity contribution in [2.24, 2.45) is 0 Å². The second-order valence-corrected chi connectivity index (χ2v) is 8.10. The Morgan fingerprint density at radius 1 is 1.07 bits per heavy atom. The topological polar surface area (TPSA) is 29.5 Å². The van der Waals surface area contributed by atoms with Gasteiger partial charge in [-0.3, -0.25) is 4.90 Å². The molecule has 142 valence electrons. The maximum Gasteiger partial charge on any atom is 0.411 e. The van der Waals surface area contributed by atoms with Crippen LogP contribution in [-0.4, -0.2) is 22.6 Å². The molecule has 0 aromatic heterocycles. The second kappa shape index (κ2) is 8.43. The Morgan fingerprint density at radius 3 is 2.44 bits per heavy atom. The molecule has 1 amide bonds. The molecule has 2 aromatic carbocycles. The van der Waals surface area contributed by atoms with E-state index in [1.165, 1.54) is 16.7 Å². The van der Waals surface area contributed by atoms with Crippen LogP contribution in [0.5, 0.6) is 0 Å². The lowest BCUT2D eigenvalue weighted by atomic mass is 9.94. The molecular weight excluding hydrogens is 334 g/mol. The minimum Gasteiger partial charge on any atom is -0.444 e. The number of hydrogen-bond acceptors (Lipinski definition) is 2. The van der Waals surface area contributed by atoms with Crippen LogP contribution in [0.2, 0.25) is 0 Å². The van der Waals surface area contributed by atoms with Gasteiger partial charge in [0.2, 0.25) is 0 Å². The summed E-state index contributed by atoms with van der Waals surface area (Å²) < 4.78 is 5.65. The maximum absolute atomic E-state index is 12.8. The first-order chi connectivity index (χ1) is 12.9. The Bertz CT molecular complexity index is 790. The summed E-state index contributed by atoms with van der Waals surface area (Å²) in [5, 5.41) is 0. The van der Waals surface area contributed by atoms with Crippen LogP contribution in [0.3, 0.4) is 0 Å². The molecule has 0 bridgehead atoms. The van der Waals surface area contributed by atoms with Crippen molar-refractivity contribution < 1.29 is 9.53 Å². The van der Waals surface area contributed by atoms with Gasteiger partial charge in [-0.2, -0.15) is 0 Å². The standard InChI is InChI=1S/C24H29NO2/c1-24(2,3)27-23(26)25-18-21-15-9-8-14-20(21)17-22(25)16-10-7-13-19-11-5-4-6-12-19/h4-6,8-12,14-16,22H,7,13,17-18H2,1-3H3/b16-10+/t22-/m1/s1. The molecule has 0 spiro atoms. The van der Waals surface area contributed by atoms with Gasteiger partial charge in [0.1, 0.15) is 5.60 Å². The van der Waals surface area contributed by atoms with Gasteiger partial charge < -0.3 is 4.74 Å². The molecule has 1 atom stereocenters. The van der Waals surface area contributed by atoms with E-state index in [4.69, 9.17) is 4.74 Å². The number of ether oxygens (including phenoxy) is 1. The van der Waals surface area contributed by atoms with Crippen molar-refractivity contribution in [2.45, 2.75) is 58.2 Å². The molecule has 1 aliphatic rings. The van der Waals surface area contributed by atoms with E-state index in [0.717, 1.165) is 19.3 Å². The second-order valence-electron chi connectivity index (χ2n) is 8.10. The zero-order valence-electron chi connectivity index (χ0n) is 16.5. The first-order valence-corrected chi connectivity index (χ1v) is 9.69. The third-order valence-corrected chi connectivity index (χ3v) is 4.72. The molecule has 27 heavy (non-hydrogen) atoms. The normalized spacial score (nSPS) is 17.0. The van der Waals surface area contributed by atoms with Gasteiger partial charge in [-0.1, -0.05) is 66.7 Å². The summed E-state index contributed by atoms with van der Waals surface area (Å²) in [6.45, 7) is 6.33. The van der Waals surface area contributed by atoms with E-state index in [2.05, 4.69) is 54.6 Å². The SMILES string of the molecule is CC(C)(C)OC(=O)N1Cc2ccccc2C[C@H]1/C=C/CCc1ccccc1. The van der Waals surface area contributed by atoms with Crippen LogP contribution < -0.4 is 0 Å². The number of rotatable bonds is 4. The summed E-state index contributed by atoms with van der Waals surface area (Å²) in [6, 6.07) is 18.9. The number of allylic oxidation sites excluding steroid dienone is 1. The van der Waals surface area contributed by atoms with Crippen LogP contribution in [0.25, 0.3) is 0 Å². The molecule has 3 heteroatoms. The zero-order chi connectivity index (χ0) is 19.3. The summed E-state index contributed by atoms with van der Waals surface area (Å²) in [7, 11) is 0. The van der Waals surface area contributed by atoms with Crippen molar-refractivity contribution >= 4 is 6.09 Å². The highest BCUT2D eigenvalue weighted by Crippen LogP contribution is 2.26. The van der Waals surface area contributed by atoms with E-state index in [9.17, 15) is 4.79 Å². The van der Waals surface area contributed by atoms with Crippen LogP contribution in [0.15, 0.2) is 66.7 Å². The van der Waals surface area contributed by atoms with Gasteiger partial charge in [-0.15, -0.1) is 0 Å². The highest BCUT2D eigenvalue weighted by atomic mass is 16.6. The first-order valence-electron chi connectivity index (χ1n) is 9.69. The number of hydrogen-bond donors (Lipinski definition) is 0. The summed E-state index contributed by atoms with van der Waals surface area (Å²) in [4.78, 5) is 14.6. The minimum atomic E-state index is -0.490. The van der Waals surface area contributed by atoms with Crippen LogP contribution in [0, 0.1) is 0 Å². The number of aryl methyl sites for hydroxylation is 1. The predicted octanol–water partition coefficient (Wildman–Crippen LogP) is 5.54. The minimum absolute atomic E-state index is 0.0329. The van der Waals surface area contributed by atoms with Crippen molar-refractivity contribution in [3.05, 3.63) is 83.4 Å². The molecule has 0 fully saturated rings. The van der Waals surface area contributed by atoms with Gasteiger partial charge in [0.25, 0.3) is 0 Å². The average Bonchev–Trinajstić information content (AvgIpc) is 2.64. The zero-order valence-corrected chi connectivity index (χ0v) is 16.5. The molecule has 1 aliphatic heterocycles. The van der Waals surface area contributed by atoms with Gasteiger partial charge in [0, 0.05) is 6.54 Å². The third kappa shape index (κ3) is 5.46. The molecule has 0 saturated carbocycles. The molecule has 3 rings (SSSR count). The quantitative estimate of drug-likeness (QED) is 0.668. The van der Waals surface area contributed by atoms with Crippen LogP contribution in [0.1, 0.15) is 43.9 Å². The fraction of sp³-hybridized carbons (Fsp3) is 0.375. The highest BCUT2D eigenvalue weighted by Gasteiger charge is 2.31. The average molecular weight is 364 g/mol. The van der Waals surface area contributed by atoms with Crippen LogP contribution in [0.4, 0.5) is 4.79 Å². The van der Waals surface area contributed by atoms with E-state index in [-0.39, 0.29) is 12.1 Å². The van der Waals surface area contributed by atoms with Crippen molar-refractivity contribution in [3.63, 3.8) is 0 Å². The number of amides is 1. The Balaban J connectivity index is 1.71. The van der Waals surface area contributed by atoms with E-state index in [1.807, 2.05) is 37.8 Å². The molecule has 0 aliphatic carbocycles. The van der Waals surface area contributed by atoms with E-state index in [1.54, 1.807) is 0 Å². The summed E-state index contributed by atoms with van der Waals surface area (Å²) in [5.41, 5.74) is 3.36. The molecule has 1 heterocycles. The fourth-order valence-electron chi connectivity index (χ4n) is 3.39. The molecule has 3 nitrogen and oxygen atoms in total. The summed E-state index contributed by atoms with van der Waals surface area (Å²) >= 11 is 0. The molecule has 0 radical (unpaired) electrons. The van der Waals surface area contributed by atoms with Crippen molar-refractivity contribution in [1.82, 2.24) is 4.90 Å². The largest absolute Gasteiger partial charge is 0.444 e. The summed E-state index contributed by atoms with van der Waals surface area (Å²) in [5.74, 6) is 0. The van der Waals surface area contributed by atoms with Crippen molar-refractivity contribution in [3.8, 4) is 0 Å². The van der Waals surface area contributed by atoms with E-state index < -0.39 is 5.60 Å². The Hall–Kier alpha value is -2.55. The highest BCUT2D eigenvalue weighted by molar-refractivity contribution is 5.69. The van der Waals surface area contributed by atoms with E-state index >= 15 is 0 Å². The number of carbonyl (C=O) groups is 1. The number of carbonyl (C=O) groups excluding carboxylic acids is 1. The van der Waals surface area contributed by atoms with Gasteiger partial charge in [-0.25, -0.2) is 4.79 Å². The van der Waals surface area contributed by atoms with Crippen molar-refractivity contribution in [1.29, 1.82) is 0 Å². The lowest BCUT2D eigenvalue weighted by molar-refractivity contribution is 0.0164. The Kier molecular flexibility index (Phi) is 6.00. The number of nitrogens with zero attached hydrogens (tertiary/aromatic N) is 1. The predicted molar refractivity (Wildman–Crippen MR) is 110 cm³/mol. The Morgan fingerprint density at radius 2 is 1.74 bits per heavy atom. The molecule has 0 unspecified atom stereocenters. The molecule has 0 saturated heterocycles. The lowest BCUT2D eigenvalue weighted by Gasteiger charge is -2.36. The number of benzene rings is 2. The van der Waals surface area contributed by atoms with Gasteiger partial charge in [-0.05, 0) is 56.7 Å². The van der Waals surface area contributed by atoms with Crippen LogP contribution >= 0.6 is 0 Å².